The van der Waals surface area contributed by atoms with Gasteiger partial charge < -0.3 is 4.90 Å². The SMILES string of the molecule is Cc1ccc(Cl)c(N2CCCN3CCCC3C2)c1. The number of nitrogens with zero attached hydrogens (tertiary/aromatic N) is 2. The van der Waals surface area contributed by atoms with Gasteiger partial charge in [0.1, 0.15) is 0 Å². The lowest BCUT2D eigenvalue weighted by molar-refractivity contribution is 0.273. The molecule has 0 spiro atoms. The van der Waals surface area contributed by atoms with Gasteiger partial charge in [-0.1, -0.05) is 17.7 Å². The Balaban J connectivity index is 1.84. The molecule has 2 heterocycles. The van der Waals surface area contributed by atoms with E-state index in [9.17, 15) is 0 Å². The maximum atomic E-state index is 6.37. The lowest BCUT2D eigenvalue weighted by Gasteiger charge is -2.28. The third-order valence-electron chi connectivity index (χ3n) is 4.25. The van der Waals surface area contributed by atoms with Crippen LogP contribution in [0.1, 0.15) is 24.8 Å². The molecule has 3 heteroatoms. The van der Waals surface area contributed by atoms with E-state index in [4.69, 9.17) is 11.6 Å². The van der Waals surface area contributed by atoms with Crippen molar-refractivity contribution < 1.29 is 0 Å². The second-order valence-electron chi connectivity index (χ2n) is 5.59. The van der Waals surface area contributed by atoms with Crippen LogP contribution in [0.25, 0.3) is 0 Å². The van der Waals surface area contributed by atoms with E-state index in [0.717, 1.165) is 24.2 Å². The first-order chi connectivity index (χ1) is 8.74. The van der Waals surface area contributed by atoms with E-state index in [0.29, 0.717) is 0 Å². The first-order valence-electron chi connectivity index (χ1n) is 6.99. The molecule has 1 aromatic rings. The first kappa shape index (κ1) is 12.3. The minimum Gasteiger partial charge on any atom is -0.369 e. The summed E-state index contributed by atoms with van der Waals surface area (Å²) < 4.78 is 0. The van der Waals surface area contributed by atoms with E-state index in [-0.39, 0.29) is 0 Å². The standard InChI is InChI=1S/C15H21ClN2/c1-12-5-6-14(16)15(10-12)18-9-3-8-17-7-2-4-13(17)11-18/h5-6,10,13H,2-4,7-9,11H2,1H3. The maximum absolute atomic E-state index is 6.37. The Morgan fingerprint density at radius 2 is 2.00 bits per heavy atom. The van der Waals surface area contributed by atoms with E-state index in [2.05, 4.69) is 28.9 Å². The quantitative estimate of drug-likeness (QED) is 0.768. The fourth-order valence-electron chi connectivity index (χ4n) is 3.29. The van der Waals surface area contributed by atoms with Gasteiger partial charge in [0.15, 0.2) is 0 Å². The van der Waals surface area contributed by atoms with Crippen LogP contribution in [0.15, 0.2) is 18.2 Å². The van der Waals surface area contributed by atoms with Gasteiger partial charge in [0.05, 0.1) is 10.7 Å². The molecule has 2 nitrogen and oxygen atoms in total. The molecule has 0 saturated carbocycles. The molecule has 0 N–H and O–H groups in total. The van der Waals surface area contributed by atoms with Crippen LogP contribution in [-0.4, -0.2) is 37.1 Å². The topological polar surface area (TPSA) is 6.48 Å². The summed E-state index contributed by atoms with van der Waals surface area (Å²) >= 11 is 6.37. The molecular formula is C15H21ClN2. The van der Waals surface area contributed by atoms with E-state index < -0.39 is 0 Å². The fourth-order valence-corrected chi connectivity index (χ4v) is 3.53. The predicted octanol–water partition coefficient (Wildman–Crippen LogP) is 3.32. The molecule has 0 aromatic heterocycles. The molecule has 1 unspecified atom stereocenters. The van der Waals surface area contributed by atoms with Gasteiger partial charge in [-0.25, -0.2) is 0 Å². The van der Waals surface area contributed by atoms with Crippen molar-refractivity contribution in [2.45, 2.75) is 32.2 Å². The number of hydrogen-bond acceptors (Lipinski definition) is 2. The summed E-state index contributed by atoms with van der Waals surface area (Å²) in [6.07, 6.45) is 3.96. The van der Waals surface area contributed by atoms with Crippen LogP contribution in [0.3, 0.4) is 0 Å². The van der Waals surface area contributed by atoms with Crippen molar-refractivity contribution in [2.75, 3.05) is 31.1 Å². The third kappa shape index (κ3) is 2.36. The number of aryl methyl sites for hydroxylation is 1. The van der Waals surface area contributed by atoms with Crippen LogP contribution >= 0.6 is 11.6 Å². The van der Waals surface area contributed by atoms with Crippen molar-refractivity contribution in [3.05, 3.63) is 28.8 Å². The van der Waals surface area contributed by atoms with Crippen molar-refractivity contribution >= 4 is 17.3 Å². The Hall–Kier alpha value is -0.730. The van der Waals surface area contributed by atoms with Gasteiger partial charge in [0.25, 0.3) is 0 Å². The summed E-state index contributed by atoms with van der Waals surface area (Å²) in [6.45, 7) is 6.96. The highest BCUT2D eigenvalue weighted by Gasteiger charge is 2.29. The molecule has 3 rings (SSSR count). The number of hydrogen-bond donors (Lipinski definition) is 0. The monoisotopic (exact) mass is 264 g/mol. The lowest BCUT2D eigenvalue weighted by Crippen LogP contribution is -2.36. The smallest absolute Gasteiger partial charge is 0.0639 e. The number of rotatable bonds is 1. The number of fused-ring (bicyclic) bond motifs is 1. The molecule has 0 aliphatic carbocycles. The molecule has 2 saturated heterocycles. The van der Waals surface area contributed by atoms with Crippen LogP contribution in [-0.2, 0) is 0 Å². The summed E-state index contributed by atoms with van der Waals surface area (Å²) in [5.41, 5.74) is 2.52. The van der Waals surface area contributed by atoms with Crippen LogP contribution in [0.4, 0.5) is 5.69 Å². The average Bonchev–Trinajstić information content (AvgIpc) is 2.70. The molecule has 98 valence electrons. The zero-order valence-corrected chi connectivity index (χ0v) is 11.8. The molecular weight excluding hydrogens is 244 g/mol. The normalized spacial score (nSPS) is 25.0. The first-order valence-corrected chi connectivity index (χ1v) is 7.37. The Kier molecular flexibility index (Phi) is 3.49. The molecule has 0 radical (unpaired) electrons. The molecule has 18 heavy (non-hydrogen) atoms. The van der Waals surface area contributed by atoms with E-state index >= 15 is 0 Å². The second-order valence-corrected chi connectivity index (χ2v) is 5.99. The highest BCUT2D eigenvalue weighted by atomic mass is 35.5. The summed E-state index contributed by atoms with van der Waals surface area (Å²) in [6, 6.07) is 7.09. The van der Waals surface area contributed by atoms with Gasteiger partial charge in [-0.3, -0.25) is 4.90 Å². The van der Waals surface area contributed by atoms with Gasteiger partial charge in [-0.15, -0.1) is 0 Å². The molecule has 0 amide bonds. The second kappa shape index (κ2) is 5.10. The van der Waals surface area contributed by atoms with Crippen LogP contribution in [0, 0.1) is 6.92 Å². The number of halogens is 1. The highest BCUT2D eigenvalue weighted by Crippen LogP contribution is 2.30. The summed E-state index contributed by atoms with van der Waals surface area (Å²) in [5, 5.41) is 0.895. The minimum absolute atomic E-state index is 0.740. The molecule has 1 atom stereocenters. The zero-order valence-electron chi connectivity index (χ0n) is 11.0. The van der Waals surface area contributed by atoms with Crippen LogP contribution < -0.4 is 4.90 Å². The number of anilines is 1. The molecule has 2 aliphatic heterocycles. The van der Waals surface area contributed by atoms with Gasteiger partial charge in [0, 0.05) is 25.7 Å². The molecule has 1 aromatic carbocycles. The van der Waals surface area contributed by atoms with Crippen molar-refractivity contribution in [1.82, 2.24) is 4.90 Å². The minimum atomic E-state index is 0.740. The van der Waals surface area contributed by atoms with Crippen molar-refractivity contribution in [3.63, 3.8) is 0 Å². The van der Waals surface area contributed by atoms with E-state index in [1.54, 1.807) is 0 Å². The lowest BCUT2D eigenvalue weighted by atomic mass is 10.1. The molecule has 0 bridgehead atoms. The van der Waals surface area contributed by atoms with Gasteiger partial charge in [0.2, 0.25) is 0 Å². The maximum Gasteiger partial charge on any atom is 0.0639 e. The zero-order chi connectivity index (χ0) is 12.5. The Bertz CT molecular complexity index is 433. The largest absolute Gasteiger partial charge is 0.369 e. The highest BCUT2D eigenvalue weighted by molar-refractivity contribution is 6.33. The van der Waals surface area contributed by atoms with E-state index in [1.165, 1.54) is 43.6 Å². The predicted molar refractivity (Wildman–Crippen MR) is 77.6 cm³/mol. The van der Waals surface area contributed by atoms with Gasteiger partial charge in [-0.2, -0.15) is 0 Å². The van der Waals surface area contributed by atoms with Gasteiger partial charge in [-0.05, 0) is 50.4 Å². The van der Waals surface area contributed by atoms with Gasteiger partial charge >= 0.3 is 0 Å². The molecule has 2 fully saturated rings. The van der Waals surface area contributed by atoms with E-state index in [1.807, 2.05) is 6.07 Å². The molecule has 2 aliphatic rings. The Morgan fingerprint density at radius 3 is 2.89 bits per heavy atom. The number of benzene rings is 1. The Labute approximate surface area is 115 Å². The summed E-state index contributed by atoms with van der Waals surface area (Å²) in [5.74, 6) is 0. The van der Waals surface area contributed by atoms with Crippen molar-refractivity contribution in [3.8, 4) is 0 Å². The Morgan fingerprint density at radius 1 is 1.17 bits per heavy atom. The van der Waals surface area contributed by atoms with Crippen molar-refractivity contribution in [2.24, 2.45) is 0 Å². The average molecular weight is 265 g/mol. The van der Waals surface area contributed by atoms with Crippen LogP contribution in [0.2, 0.25) is 5.02 Å². The fraction of sp³-hybridized carbons (Fsp3) is 0.600. The summed E-state index contributed by atoms with van der Waals surface area (Å²) in [4.78, 5) is 5.15. The third-order valence-corrected chi connectivity index (χ3v) is 4.57. The van der Waals surface area contributed by atoms with Crippen molar-refractivity contribution in [1.29, 1.82) is 0 Å². The summed E-state index contributed by atoms with van der Waals surface area (Å²) in [7, 11) is 0. The van der Waals surface area contributed by atoms with Crippen LogP contribution in [0.5, 0.6) is 0 Å².